The average molecular weight is 192 g/mol. The maximum Gasteiger partial charge on any atom is 0.267 e. The van der Waals surface area contributed by atoms with Crippen LogP contribution in [0.4, 0.5) is 5.69 Å². The number of para-hydroxylation sites is 1. The van der Waals surface area contributed by atoms with E-state index in [9.17, 15) is 10.0 Å². The quantitative estimate of drug-likeness (QED) is 0.591. The van der Waals surface area contributed by atoms with Crippen LogP contribution in [0.1, 0.15) is 11.1 Å². The Bertz CT molecular complexity index is 390. The number of nitrogens with two attached hydrogens (primary N) is 1. The number of nitrogens with zero attached hydrogens (tertiary/aromatic N) is 1. The molecule has 1 aromatic carbocycles. The molecular formula is C10H12N2O2. The van der Waals surface area contributed by atoms with Crippen LogP contribution in [0.15, 0.2) is 18.2 Å². The number of carbonyl (C=O) groups excluding carboxylic acids is 1. The van der Waals surface area contributed by atoms with Crippen molar-refractivity contribution in [3.63, 3.8) is 0 Å². The van der Waals surface area contributed by atoms with Gasteiger partial charge in [0.2, 0.25) is 0 Å². The summed E-state index contributed by atoms with van der Waals surface area (Å²) in [5, 5.41) is 10.3. The van der Waals surface area contributed by atoms with Crippen molar-refractivity contribution in [2.24, 2.45) is 5.73 Å². The van der Waals surface area contributed by atoms with E-state index in [-0.39, 0.29) is 0 Å². The highest BCUT2D eigenvalue weighted by molar-refractivity contribution is 5.98. The van der Waals surface area contributed by atoms with Crippen molar-refractivity contribution >= 4 is 11.6 Å². The zero-order chi connectivity index (χ0) is 10.3. The molecule has 1 amide bonds. The lowest BCUT2D eigenvalue weighted by Gasteiger charge is -2.28. The van der Waals surface area contributed by atoms with E-state index in [4.69, 9.17) is 5.73 Å². The summed E-state index contributed by atoms with van der Waals surface area (Å²) < 4.78 is 0. The average Bonchev–Trinajstić information content (AvgIpc) is 2.14. The third-order valence-electron chi connectivity index (χ3n) is 2.50. The number of carbonyl (C=O) groups is 1. The van der Waals surface area contributed by atoms with Crippen molar-refractivity contribution in [1.29, 1.82) is 0 Å². The van der Waals surface area contributed by atoms with Gasteiger partial charge in [-0.2, -0.15) is 5.06 Å². The molecule has 1 aliphatic heterocycles. The summed E-state index contributed by atoms with van der Waals surface area (Å²) >= 11 is 0. The van der Waals surface area contributed by atoms with Gasteiger partial charge in [-0.1, -0.05) is 18.2 Å². The molecule has 74 valence electrons. The second kappa shape index (κ2) is 3.08. The van der Waals surface area contributed by atoms with Crippen LogP contribution in [0.3, 0.4) is 0 Å². The van der Waals surface area contributed by atoms with Crippen molar-refractivity contribution in [1.82, 2.24) is 0 Å². The first-order chi connectivity index (χ1) is 6.61. The van der Waals surface area contributed by atoms with Gasteiger partial charge in [0.15, 0.2) is 0 Å². The Hall–Kier alpha value is -1.39. The fraction of sp³-hybridized carbons (Fsp3) is 0.300. The van der Waals surface area contributed by atoms with E-state index in [0.29, 0.717) is 17.2 Å². The number of rotatable bonds is 0. The molecule has 0 radical (unpaired) electrons. The van der Waals surface area contributed by atoms with E-state index >= 15 is 0 Å². The highest BCUT2D eigenvalue weighted by Gasteiger charge is 2.30. The molecule has 0 saturated heterocycles. The Kier molecular flexibility index (Phi) is 2.02. The summed E-state index contributed by atoms with van der Waals surface area (Å²) in [4.78, 5) is 11.4. The van der Waals surface area contributed by atoms with Crippen LogP contribution in [0.25, 0.3) is 0 Å². The lowest BCUT2D eigenvalue weighted by molar-refractivity contribution is -0.125. The van der Waals surface area contributed by atoms with Crippen LogP contribution < -0.4 is 10.8 Å². The molecule has 4 heteroatoms. The lowest BCUT2D eigenvalue weighted by Crippen LogP contribution is -2.47. The van der Waals surface area contributed by atoms with Crippen molar-refractivity contribution in [2.75, 3.05) is 5.06 Å². The van der Waals surface area contributed by atoms with E-state index in [1.807, 2.05) is 25.1 Å². The van der Waals surface area contributed by atoms with Gasteiger partial charge in [0.1, 0.15) is 0 Å². The van der Waals surface area contributed by atoms with E-state index < -0.39 is 11.9 Å². The standard InChI is InChI=1S/C10H12N2O2/c1-6-3-2-4-7-5-8(11)10(13)12(14)9(6)7/h2-4,8,14H,5,11H2,1H3/t8-/m0/s1. The Morgan fingerprint density at radius 3 is 3.00 bits per heavy atom. The molecule has 2 rings (SSSR count). The van der Waals surface area contributed by atoms with Crippen molar-refractivity contribution in [2.45, 2.75) is 19.4 Å². The third-order valence-corrected chi connectivity index (χ3v) is 2.50. The molecule has 1 aliphatic rings. The predicted octanol–water partition coefficient (Wildman–Crippen LogP) is 0.601. The molecule has 1 heterocycles. The van der Waals surface area contributed by atoms with Gasteiger partial charge < -0.3 is 5.73 Å². The van der Waals surface area contributed by atoms with Crippen molar-refractivity contribution in [3.8, 4) is 0 Å². The molecule has 0 bridgehead atoms. The number of aryl methyl sites for hydroxylation is 1. The van der Waals surface area contributed by atoms with E-state index in [0.717, 1.165) is 11.1 Å². The first-order valence-electron chi connectivity index (χ1n) is 4.48. The maximum atomic E-state index is 11.4. The second-order valence-corrected chi connectivity index (χ2v) is 3.54. The fourth-order valence-corrected chi connectivity index (χ4v) is 1.78. The SMILES string of the molecule is Cc1cccc2c1N(O)C(=O)[C@@H](N)C2. The van der Waals surface area contributed by atoms with Gasteiger partial charge >= 0.3 is 0 Å². The highest BCUT2D eigenvalue weighted by atomic mass is 16.5. The minimum absolute atomic E-state index is 0.438. The topological polar surface area (TPSA) is 66.6 Å². The minimum atomic E-state index is -0.630. The first-order valence-corrected chi connectivity index (χ1v) is 4.48. The van der Waals surface area contributed by atoms with Crippen LogP contribution in [0, 0.1) is 6.92 Å². The highest BCUT2D eigenvalue weighted by Crippen LogP contribution is 2.29. The molecule has 3 N–H and O–H groups in total. The van der Waals surface area contributed by atoms with Crippen LogP contribution in [-0.2, 0) is 11.2 Å². The number of hydroxylamine groups is 1. The van der Waals surface area contributed by atoms with Crippen LogP contribution in [0.2, 0.25) is 0 Å². The van der Waals surface area contributed by atoms with Gasteiger partial charge in [0, 0.05) is 0 Å². The zero-order valence-electron chi connectivity index (χ0n) is 7.90. The lowest BCUT2D eigenvalue weighted by atomic mass is 9.96. The van der Waals surface area contributed by atoms with Gasteiger partial charge in [0.25, 0.3) is 5.91 Å². The Morgan fingerprint density at radius 1 is 1.57 bits per heavy atom. The van der Waals surface area contributed by atoms with Gasteiger partial charge in [-0.3, -0.25) is 10.0 Å². The number of hydrogen-bond donors (Lipinski definition) is 2. The zero-order valence-corrected chi connectivity index (χ0v) is 7.90. The summed E-state index contributed by atoms with van der Waals surface area (Å²) in [7, 11) is 0. The van der Waals surface area contributed by atoms with E-state index in [2.05, 4.69) is 0 Å². The predicted molar refractivity (Wildman–Crippen MR) is 52.1 cm³/mol. The number of anilines is 1. The number of amides is 1. The molecule has 14 heavy (non-hydrogen) atoms. The number of fused-ring (bicyclic) bond motifs is 1. The van der Waals surface area contributed by atoms with Gasteiger partial charge in [-0.25, -0.2) is 0 Å². The molecule has 1 aromatic rings. The molecule has 1 atom stereocenters. The summed E-state index contributed by atoms with van der Waals surface area (Å²) in [5.74, 6) is -0.438. The summed E-state index contributed by atoms with van der Waals surface area (Å²) in [6, 6.07) is 4.99. The van der Waals surface area contributed by atoms with Crippen LogP contribution in [-0.4, -0.2) is 17.2 Å². The summed E-state index contributed by atoms with van der Waals surface area (Å²) in [6.07, 6.45) is 0.493. The Labute approximate surface area is 81.9 Å². The largest absolute Gasteiger partial charge is 0.320 e. The van der Waals surface area contributed by atoms with Gasteiger partial charge in [0.05, 0.1) is 11.7 Å². The summed E-state index contributed by atoms with van der Waals surface area (Å²) in [5.41, 5.74) is 7.96. The van der Waals surface area contributed by atoms with Crippen LogP contribution in [0.5, 0.6) is 0 Å². The Balaban J connectivity index is 2.56. The molecule has 0 unspecified atom stereocenters. The second-order valence-electron chi connectivity index (χ2n) is 3.54. The van der Waals surface area contributed by atoms with Crippen molar-refractivity contribution < 1.29 is 10.0 Å². The molecular weight excluding hydrogens is 180 g/mol. The monoisotopic (exact) mass is 192 g/mol. The first kappa shape index (κ1) is 9.18. The van der Waals surface area contributed by atoms with E-state index in [1.54, 1.807) is 0 Å². The smallest absolute Gasteiger partial charge is 0.267 e. The van der Waals surface area contributed by atoms with Crippen LogP contribution >= 0.6 is 0 Å². The molecule has 0 saturated carbocycles. The Morgan fingerprint density at radius 2 is 2.29 bits per heavy atom. The number of hydrogen-bond acceptors (Lipinski definition) is 3. The van der Waals surface area contributed by atoms with Gasteiger partial charge in [-0.15, -0.1) is 0 Å². The maximum absolute atomic E-state index is 11.4. The normalized spacial score (nSPS) is 20.9. The van der Waals surface area contributed by atoms with Gasteiger partial charge in [-0.05, 0) is 24.5 Å². The molecule has 0 aromatic heterocycles. The molecule has 4 nitrogen and oxygen atoms in total. The minimum Gasteiger partial charge on any atom is -0.320 e. The molecule has 0 spiro atoms. The number of benzene rings is 1. The van der Waals surface area contributed by atoms with Crippen molar-refractivity contribution in [3.05, 3.63) is 29.3 Å². The van der Waals surface area contributed by atoms with E-state index in [1.165, 1.54) is 0 Å². The summed E-state index contributed by atoms with van der Waals surface area (Å²) in [6.45, 7) is 1.85. The third kappa shape index (κ3) is 1.20. The molecule has 0 aliphatic carbocycles. The fourth-order valence-electron chi connectivity index (χ4n) is 1.78. The molecule has 0 fully saturated rings.